The van der Waals surface area contributed by atoms with Crippen molar-refractivity contribution in [1.29, 1.82) is 0 Å². The van der Waals surface area contributed by atoms with E-state index in [0.717, 1.165) is 33.4 Å². The van der Waals surface area contributed by atoms with Crippen LogP contribution in [0.4, 0.5) is 0 Å². The first-order valence-electron chi connectivity index (χ1n) is 5.49. The number of benzene rings is 2. The Kier molecular flexibility index (Phi) is 2.18. The first-order valence-corrected chi connectivity index (χ1v) is 5.49. The van der Waals surface area contributed by atoms with Crippen molar-refractivity contribution in [3.8, 4) is 5.75 Å². The van der Waals surface area contributed by atoms with Gasteiger partial charge in [0.1, 0.15) is 11.3 Å². The summed E-state index contributed by atoms with van der Waals surface area (Å²) in [5, 5.41) is 0. The lowest BCUT2D eigenvalue weighted by Crippen LogP contribution is -1.92. The van der Waals surface area contributed by atoms with E-state index in [-0.39, 0.29) is 0 Å². The maximum Gasteiger partial charge on any atom is 0.146 e. The molecule has 0 fully saturated rings. The van der Waals surface area contributed by atoms with Gasteiger partial charge in [-0.15, -0.1) is 0 Å². The molecule has 0 aliphatic heterocycles. The molecule has 0 amide bonds. The second kappa shape index (κ2) is 3.70. The lowest BCUT2D eigenvalue weighted by atomic mass is 10.2. The van der Waals surface area contributed by atoms with Crippen molar-refractivity contribution in [1.82, 2.24) is 9.97 Å². The smallest absolute Gasteiger partial charge is 0.146 e. The quantitative estimate of drug-likeness (QED) is 0.596. The Morgan fingerprint density at radius 2 is 1.53 bits per heavy atom. The summed E-state index contributed by atoms with van der Waals surface area (Å²) in [5.74, 6) is 0.762. The monoisotopic (exact) mass is 224 g/mol. The van der Waals surface area contributed by atoms with Crippen LogP contribution < -0.4 is 4.74 Å². The van der Waals surface area contributed by atoms with E-state index in [1.165, 1.54) is 0 Å². The molecule has 2 aromatic carbocycles. The van der Waals surface area contributed by atoms with Crippen molar-refractivity contribution in [2.75, 3.05) is 7.11 Å². The maximum atomic E-state index is 5.30. The lowest BCUT2D eigenvalue weighted by molar-refractivity contribution is 0.419. The van der Waals surface area contributed by atoms with Crippen molar-refractivity contribution in [3.63, 3.8) is 0 Å². The van der Waals surface area contributed by atoms with Crippen LogP contribution >= 0.6 is 0 Å². The van der Waals surface area contributed by atoms with Crippen LogP contribution in [-0.4, -0.2) is 17.1 Å². The second-order valence-corrected chi connectivity index (χ2v) is 3.99. The van der Waals surface area contributed by atoms with Gasteiger partial charge in [-0.3, -0.25) is 0 Å². The van der Waals surface area contributed by atoms with Crippen molar-refractivity contribution in [3.05, 3.63) is 42.0 Å². The fourth-order valence-corrected chi connectivity index (χ4v) is 2.00. The van der Waals surface area contributed by atoms with E-state index >= 15 is 0 Å². The minimum absolute atomic E-state index is 0.762. The molecule has 0 aliphatic rings. The third kappa shape index (κ3) is 1.51. The molecule has 0 unspecified atom stereocenters. The number of ether oxygens (including phenoxy) is 1. The first-order chi connectivity index (χ1) is 8.29. The fourth-order valence-electron chi connectivity index (χ4n) is 2.00. The molecule has 0 aliphatic carbocycles. The Bertz CT molecular complexity index is 707. The summed E-state index contributed by atoms with van der Waals surface area (Å²) >= 11 is 0. The molecule has 3 aromatic rings. The third-order valence-electron chi connectivity index (χ3n) is 2.88. The van der Waals surface area contributed by atoms with Gasteiger partial charge < -0.3 is 4.74 Å². The molecule has 0 N–H and O–H groups in total. The minimum atomic E-state index is 0.762. The summed E-state index contributed by atoms with van der Waals surface area (Å²) in [6.45, 7) is 2.04. The van der Waals surface area contributed by atoms with Crippen molar-refractivity contribution >= 4 is 22.1 Å². The topological polar surface area (TPSA) is 35.0 Å². The molecule has 0 atom stereocenters. The van der Waals surface area contributed by atoms with E-state index < -0.39 is 0 Å². The van der Waals surface area contributed by atoms with Crippen LogP contribution in [0.1, 0.15) is 5.56 Å². The predicted octanol–water partition coefficient (Wildman–Crippen LogP) is 3.10. The van der Waals surface area contributed by atoms with Gasteiger partial charge >= 0.3 is 0 Å². The fraction of sp³-hybridized carbons (Fsp3) is 0.143. The average molecular weight is 224 g/mol. The van der Waals surface area contributed by atoms with Gasteiger partial charge in [0.15, 0.2) is 0 Å². The summed E-state index contributed by atoms with van der Waals surface area (Å²) in [6, 6.07) is 11.8. The number of hydrogen-bond donors (Lipinski definition) is 0. The van der Waals surface area contributed by atoms with E-state index in [9.17, 15) is 0 Å². The molecule has 17 heavy (non-hydrogen) atoms. The van der Waals surface area contributed by atoms with Crippen LogP contribution in [0, 0.1) is 6.92 Å². The van der Waals surface area contributed by atoms with Gasteiger partial charge in [-0.2, -0.15) is 0 Å². The SMILES string of the molecule is COc1cccc2nc3c(C)cccc3nc12. The van der Waals surface area contributed by atoms with E-state index in [4.69, 9.17) is 4.74 Å². The standard InChI is InChI=1S/C14H12N2O/c1-9-5-3-6-10-13(9)15-11-7-4-8-12(17-2)14(11)16-10/h3-8H,1-2H3. The maximum absolute atomic E-state index is 5.30. The number of nitrogens with zero attached hydrogens (tertiary/aromatic N) is 2. The Labute approximate surface area is 99.1 Å². The van der Waals surface area contributed by atoms with Gasteiger partial charge in [0.05, 0.1) is 23.7 Å². The zero-order chi connectivity index (χ0) is 11.8. The van der Waals surface area contributed by atoms with Crippen molar-refractivity contribution < 1.29 is 4.74 Å². The molecular formula is C14H12N2O. The number of fused-ring (bicyclic) bond motifs is 2. The summed E-state index contributed by atoms with van der Waals surface area (Å²) in [7, 11) is 1.65. The van der Waals surface area contributed by atoms with E-state index in [0.29, 0.717) is 0 Å². The highest BCUT2D eigenvalue weighted by Crippen LogP contribution is 2.25. The summed E-state index contributed by atoms with van der Waals surface area (Å²) in [4.78, 5) is 9.27. The molecule has 3 heteroatoms. The molecule has 84 valence electrons. The zero-order valence-corrected chi connectivity index (χ0v) is 9.77. The molecule has 1 aromatic heterocycles. The predicted molar refractivity (Wildman–Crippen MR) is 68.3 cm³/mol. The highest BCUT2D eigenvalue weighted by atomic mass is 16.5. The normalized spacial score (nSPS) is 10.9. The zero-order valence-electron chi connectivity index (χ0n) is 9.77. The second-order valence-electron chi connectivity index (χ2n) is 3.99. The molecule has 0 saturated carbocycles. The number of hydrogen-bond acceptors (Lipinski definition) is 3. The molecular weight excluding hydrogens is 212 g/mol. The van der Waals surface area contributed by atoms with Crippen LogP contribution in [0.15, 0.2) is 36.4 Å². The summed E-state index contributed by atoms with van der Waals surface area (Å²) in [6.07, 6.45) is 0. The van der Waals surface area contributed by atoms with Crippen LogP contribution in [0.25, 0.3) is 22.1 Å². The molecule has 0 bridgehead atoms. The Morgan fingerprint density at radius 1 is 0.882 bits per heavy atom. The number of aromatic nitrogens is 2. The molecule has 0 spiro atoms. The van der Waals surface area contributed by atoms with Crippen molar-refractivity contribution in [2.45, 2.75) is 6.92 Å². The molecule has 0 saturated heterocycles. The van der Waals surface area contributed by atoms with Crippen LogP contribution in [0.2, 0.25) is 0 Å². The van der Waals surface area contributed by atoms with Gasteiger partial charge in [0.25, 0.3) is 0 Å². The van der Waals surface area contributed by atoms with E-state index in [1.54, 1.807) is 7.11 Å². The van der Waals surface area contributed by atoms with Crippen molar-refractivity contribution in [2.24, 2.45) is 0 Å². The third-order valence-corrected chi connectivity index (χ3v) is 2.88. The first kappa shape index (κ1) is 10.0. The number of methoxy groups -OCH3 is 1. The molecule has 3 nitrogen and oxygen atoms in total. The Balaban J connectivity index is 2.48. The number of aryl methyl sites for hydroxylation is 1. The van der Waals surface area contributed by atoms with Gasteiger partial charge in [0.2, 0.25) is 0 Å². The van der Waals surface area contributed by atoms with Crippen LogP contribution in [-0.2, 0) is 0 Å². The van der Waals surface area contributed by atoms with E-state index in [1.807, 2.05) is 43.3 Å². The van der Waals surface area contributed by atoms with Gasteiger partial charge in [-0.1, -0.05) is 18.2 Å². The lowest BCUT2D eigenvalue weighted by Gasteiger charge is -2.06. The molecule has 0 radical (unpaired) electrons. The largest absolute Gasteiger partial charge is 0.494 e. The Morgan fingerprint density at radius 3 is 2.29 bits per heavy atom. The number of rotatable bonds is 1. The van der Waals surface area contributed by atoms with Gasteiger partial charge in [-0.25, -0.2) is 9.97 Å². The summed E-state index contributed by atoms with van der Waals surface area (Å²) in [5.41, 5.74) is 4.68. The van der Waals surface area contributed by atoms with Gasteiger partial charge in [-0.05, 0) is 30.7 Å². The average Bonchev–Trinajstić information content (AvgIpc) is 2.36. The molecule has 1 heterocycles. The van der Waals surface area contributed by atoms with Crippen LogP contribution in [0.3, 0.4) is 0 Å². The van der Waals surface area contributed by atoms with Crippen LogP contribution in [0.5, 0.6) is 5.75 Å². The molecule has 3 rings (SSSR count). The van der Waals surface area contributed by atoms with Gasteiger partial charge in [0, 0.05) is 0 Å². The minimum Gasteiger partial charge on any atom is -0.494 e. The highest BCUT2D eigenvalue weighted by Gasteiger charge is 2.07. The van der Waals surface area contributed by atoms with E-state index in [2.05, 4.69) is 9.97 Å². The highest BCUT2D eigenvalue weighted by molar-refractivity contribution is 5.90. The number of para-hydroxylation sites is 2. The Hall–Kier alpha value is -2.16. The summed E-state index contributed by atoms with van der Waals surface area (Å²) < 4.78 is 5.30.